The van der Waals surface area contributed by atoms with Crippen LogP contribution in [-0.2, 0) is 6.42 Å². The van der Waals surface area contributed by atoms with E-state index in [1.54, 1.807) is 13.3 Å². The Balaban J connectivity index is 2.22. The molecule has 0 saturated heterocycles. The molecule has 1 heterocycles. The van der Waals surface area contributed by atoms with E-state index in [0.29, 0.717) is 10.4 Å². The molecule has 0 fully saturated rings. The number of hydrogen-bond acceptors (Lipinski definition) is 4. The Morgan fingerprint density at radius 2 is 2.17 bits per heavy atom. The second-order valence-electron chi connectivity index (χ2n) is 3.61. The highest BCUT2D eigenvalue weighted by Crippen LogP contribution is 2.25. The predicted octanol–water partition coefficient (Wildman–Crippen LogP) is 3.60. The summed E-state index contributed by atoms with van der Waals surface area (Å²) in [5.41, 5.74) is 1.21. The Morgan fingerprint density at radius 1 is 1.33 bits per heavy atom. The van der Waals surface area contributed by atoms with Crippen LogP contribution in [0.5, 0.6) is 17.6 Å². The fraction of sp³-hybridized carbons (Fsp3) is 0.231. The number of aryl methyl sites for hydroxylation is 1. The molecular formula is C13H13BrN2O2. The van der Waals surface area contributed by atoms with Gasteiger partial charge in [-0.3, -0.25) is 0 Å². The number of nitrogens with zero attached hydrogens (tertiary/aromatic N) is 2. The van der Waals surface area contributed by atoms with Crippen molar-refractivity contribution in [2.75, 3.05) is 7.11 Å². The molecule has 1 aromatic carbocycles. The van der Waals surface area contributed by atoms with Gasteiger partial charge >= 0.3 is 6.01 Å². The third kappa shape index (κ3) is 2.98. The van der Waals surface area contributed by atoms with E-state index in [2.05, 4.69) is 38.9 Å². The summed E-state index contributed by atoms with van der Waals surface area (Å²) >= 11 is 3.29. The zero-order valence-electron chi connectivity index (χ0n) is 10.2. The molecule has 0 aliphatic rings. The van der Waals surface area contributed by atoms with Gasteiger partial charge in [0.2, 0.25) is 5.88 Å². The highest BCUT2D eigenvalue weighted by Gasteiger charge is 2.07. The first-order chi connectivity index (χ1) is 8.72. The van der Waals surface area contributed by atoms with Gasteiger partial charge in [0.25, 0.3) is 0 Å². The van der Waals surface area contributed by atoms with Crippen molar-refractivity contribution < 1.29 is 9.47 Å². The third-order valence-electron chi connectivity index (χ3n) is 2.40. The van der Waals surface area contributed by atoms with Crippen LogP contribution in [0.2, 0.25) is 0 Å². The summed E-state index contributed by atoms with van der Waals surface area (Å²) < 4.78 is 11.4. The zero-order chi connectivity index (χ0) is 13.0. The van der Waals surface area contributed by atoms with Gasteiger partial charge < -0.3 is 9.47 Å². The van der Waals surface area contributed by atoms with Crippen molar-refractivity contribution in [2.24, 2.45) is 0 Å². The Hall–Kier alpha value is -1.62. The predicted molar refractivity (Wildman–Crippen MR) is 72.2 cm³/mol. The average Bonchev–Trinajstić information content (AvgIpc) is 2.41. The van der Waals surface area contributed by atoms with E-state index in [0.717, 1.165) is 12.2 Å². The fourth-order valence-corrected chi connectivity index (χ4v) is 1.82. The fourth-order valence-electron chi connectivity index (χ4n) is 1.46. The molecule has 0 spiro atoms. The lowest BCUT2D eigenvalue weighted by atomic mass is 10.2. The van der Waals surface area contributed by atoms with Gasteiger partial charge in [-0.2, -0.15) is 4.98 Å². The molecular weight excluding hydrogens is 296 g/mol. The van der Waals surface area contributed by atoms with Crippen LogP contribution in [0.4, 0.5) is 0 Å². The highest BCUT2D eigenvalue weighted by molar-refractivity contribution is 9.10. The first-order valence-corrected chi connectivity index (χ1v) is 6.35. The van der Waals surface area contributed by atoms with Crippen molar-refractivity contribution in [2.45, 2.75) is 13.3 Å². The van der Waals surface area contributed by atoms with Gasteiger partial charge in [-0.05, 0) is 40.0 Å². The van der Waals surface area contributed by atoms with E-state index in [1.807, 2.05) is 18.2 Å². The second-order valence-corrected chi connectivity index (χ2v) is 4.47. The standard InChI is InChI=1S/C13H13BrN2O2/c1-3-9-5-4-6-10(7-9)18-13-15-8-11(14)12(16-13)17-2/h4-8H,3H2,1-2H3. The average molecular weight is 309 g/mol. The third-order valence-corrected chi connectivity index (χ3v) is 2.94. The molecule has 2 aromatic rings. The molecule has 0 radical (unpaired) electrons. The summed E-state index contributed by atoms with van der Waals surface area (Å²) in [5.74, 6) is 1.17. The molecule has 0 amide bonds. The van der Waals surface area contributed by atoms with Gasteiger partial charge in [-0.1, -0.05) is 19.1 Å². The molecule has 4 nitrogen and oxygen atoms in total. The van der Waals surface area contributed by atoms with Crippen LogP contribution in [0.1, 0.15) is 12.5 Å². The maximum absolute atomic E-state index is 5.60. The number of rotatable bonds is 4. The van der Waals surface area contributed by atoms with Gasteiger partial charge in [-0.25, -0.2) is 4.98 Å². The minimum atomic E-state index is 0.267. The van der Waals surface area contributed by atoms with E-state index < -0.39 is 0 Å². The summed E-state index contributed by atoms with van der Waals surface area (Å²) in [6.07, 6.45) is 2.56. The summed E-state index contributed by atoms with van der Waals surface area (Å²) in [6.45, 7) is 2.10. The lowest BCUT2D eigenvalue weighted by molar-refractivity contribution is 0.373. The first kappa shape index (κ1) is 12.8. The van der Waals surface area contributed by atoms with Crippen molar-refractivity contribution in [1.29, 1.82) is 0 Å². The van der Waals surface area contributed by atoms with E-state index >= 15 is 0 Å². The SMILES string of the molecule is CCc1cccc(Oc2ncc(Br)c(OC)n2)c1. The van der Waals surface area contributed by atoms with E-state index in [-0.39, 0.29) is 6.01 Å². The lowest BCUT2D eigenvalue weighted by Crippen LogP contribution is -1.96. The Labute approximate surface area is 114 Å². The molecule has 0 bridgehead atoms. The molecule has 0 unspecified atom stereocenters. The molecule has 0 N–H and O–H groups in total. The van der Waals surface area contributed by atoms with Crippen molar-refractivity contribution in [3.05, 3.63) is 40.5 Å². The van der Waals surface area contributed by atoms with Crippen LogP contribution in [-0.4, -0.2) is 17.1 Å². The van der Waals surface area contributed by atoms with Crippen molar-refractivity contribution in [3.63, 3.8) is 0 Å². The number of benzene rings is 1. The number of aromatic nitrogens is 2. The van der Waals surface area contributed by atoms with Crippen LogP contribution >= 0.6 is 15.9 Å². The summed E-state index contributed by atoms with van der Waals surface area (Å²) in [7, 11) is 1.55. The maximum Gasteiger partial charge on any atom is 0.325 e. The Kier molecular flexibility index (Phi) is 4.15. The first-order valence-electron chi connectivity index (χ1n) is 5.56. The highest BCUT2D eigenvalue weighted by atomic mass is 79.9. The Morgan fingerprint density at radius 3 is 2.89 bits per heavy atom. The van der Waals surface area contributed by atoms with Crippen molar-refractivity contribution >= 4 is 15.9 Å². The molecule has 2 rings (SSSR count). The Bertz CT molecular complexity index is 546. The maximum atomic E-state index is 5.60. The minimum Gasteiger partial charge on any atom is -0.480 e. The summed E-state index contributed by atoms with van der Waals surface area (Å²) in [6, 6.07) is 8.11. The zero-order valence-corrected chi connectivity index (χ0v) is 11.8. The van der Waals surface area contributed by atoms with Gasteiger partial charge in [0.15, 0.2) is 0 Å². The second kappa shape index (κ2) is 5.82. The van der Waals surface area contributed by atoms with Crippen molar-refractivity contribution in [3.8, 4) is 17.6 Å². The van der Waals surface area contributed by atoms with E-state index in [4.69, 9.17) is 9.47 Å². The summed E-state index contributed by atoms with van der Waals surface area (Å²) in [4.78, 5) is 8.22. The van der Waals surface area contributed by atoms with Crippen LogP contribution in [0.25, 0.3) is 0 Å². The van der Waals surface area contributed by atoms with Crippen LogP contribution in [0.15, 0.2) is 34.9 Å². The number of hydrogen-bond donors (Lipinski definition) is 0. The largest absolute Gasteiger partial charge is 0.480 e. The van der Waals surface area contributed by atoms with E-state index in [1.165, 1.54) is 5.56 Å². The molecule has 0 atom stereocenters. The smallest absolute Gasteiger partial charge is 0.325 e. The molecule has 5 heteroatoms. The quantitative estimate of drug-likeness (QED) is 0.865. The monoisotopic (exact) mass is 308 g/mol. The van der Waals surface area contributed by atoms with Crippen LogP contribution in [0, 0.1) is 0 Å². The van der Waals surface area contributed by atoms with Gasteiger partial charge in [0.05, 0.1) is 17.8 Å². The van der Waals surface area contributed by atoms with Crippen LogP contribution in [0.3, 0.4) is 0 Å². The van der Waals surface area contributed by atoms with Gasteiger partial charge in [-0.15, -0.1) is 0 Å². The van der Waals surface area contributed by atoms with Crippen molar-refractivity contribution in [1.82, 2.24) is 9.97 Å². The van der Waals surface area contributed by atoms with E-state index in [9.17, 15) is 0 Å². The molecule has 94 valence electrons. The van der Waals surface area contributed by atoms with Gasteiger partial charge in [0, 0.05) is 0 Å². The molecule has 18 heavy (non-hydrogen) atoms. The molecule has 0 aliphatic heterocycles. The number of ether oxygens (including phenoxy) is 2. The molecule has 0 aliphatic carbocycles. The summed E-state index contributed by atoms with van der Waals surface area (Å²) in [5, 5.41) is 0. The van der Waals surface area contributed by atoms with Gasteiger partial charge in [0.1, 0.15) is 5.75 Å². The minimum absolute atomic E-state index is 0.267. The topological polar surface area (TPSA) is 44.2 Å². The van der Waals surface area contributed by atoms with Crippen LogP contribution < -0.4 is 9.47 Å². The molecule has 0 saturated carbocycles. The lowest BCUT2D eigenvalue weighted by Gasteiger charge is -2.07. The number of halogens is 1. The number of methoxy groups -OCH3 is 1. The molecule has 1 aromatic heterocycles. The normalized spacial score (nSPS) is 10.2.